The zero-order chi connectivity index (χ0) is 16.8. The Morgan fingerprint density at radius 3 is 2.33 bits per heavy atom. The summed E-state index contributed by atoms with van der Waals surface area (Å²) < 4.78 is 5.33. The number of nitrogens with zero attached hydrogens (tertiary/aromatic N) is 2. The summed E-state index contributed by atoms with van der Waals surface area (Å²) in [5.41, 5.74) is 1.41. The van der Waals surface area contributed by atoms with Crippen LogP contribution in [0.15, 0.2) is 24.3 Å². The summed E-state index contributed by atoms with van der Waals surface area (Å²) in [5.74, 6) is 0.944. The summed E-state index contributed by atoms with van der Waals surface area (Å²) in [5, 5.41) is 3.87. The number of piperidine rings is 2. The van der Waals surface area contributed by atoms with Crippen LogP contribution < -0.4 is 10.1 Å². The summed E-state index contributed by atoms with van der Waals surface area (Å²) in [6.07, 6.45) is 6.59. The fraction of sp³-hybridized carbons (Fsp3) is 0.700. The monoisotopic (exact) mass is 331 g/mol. The van der Waals surface area contributed by atoms with Gasteiger partial charge in [-0.25, -0.2) is 0 Å². The predicted octanol–water partition coefficient (Wildman–Crippen LogP) is 2.91. The Kier molecular flexibility index (Phi) is 6.52. The van der Waals surface area contributed by atoms with Crippen LogP contribution in [-0.2, 0) is 0 Å². The molecule has 4 heteroatoms. The normalized spacial score (nSPS) is 22.4. The van der Waals surface area contributed by atoms with Gasteiger partial charge in [0.15, 0.2) is 0 Å². The average Bonchev–Trinajstić information content (AvgIpc) is 2.65. The number of benzene rings is 1. The van der Waals surface area contributed by atoms with E-state index in [1.54, 1.807) is 7.11 Å². The number of hydrogen-bond donors (Lipinski definition) is 1. The number of hydrogen-bond acceptors (Lipinski definition) is 4. The zero-order valence-corrected chi connectivity index (χ0v) is 15.3. The molecule has 24 heavy (non-hydrogen) atoms. The predicted molar refractivity (Wildman–Crippen MR) is 99.7 cm³/mol. The molecule has 1 atom stereocenters. The van der Waals surface area contributed by atoms with Gasteiger partial charge in [0.05, 0.1) is 7.11 Å². The molecule has 0 spiro atoms. The summed E-state index contributed by atoms with van der Waals surface area (Å²) in [4.78, 5) is 5.11. The Hall–Kier alpha value is -1.10. The molecule has 2 fully saturated rings. The SMILES string of the molecule is COc1ccc(C(CNC2CCN(C)CC2)N2CCCCC2)cc1. The largest absolute Gasteiger partial charge is 0.497 e. The van der Waals surface area contributed by atoms with E-state index in [1.807, 2.05) is 0 Å². The van der Waals surface area contributed by atoms with Crippen molar-refractivity contribution in [1.29, 1.82) is 0 Å². The molecule has 0 aromatic heterocycles. The topological polar surface area (TPSA) is 27.7 Å². The smallest absolute Gasteiger partial charge is 0.118 e. The number of likely N-dealkylation sites (tertiary alicyclic amines) is 2. The standard InChI is InChI=1S/C20H33N3O/c1-22-14-10-18(11-15-22)21-16-20(23-12-4-3-5-13-23)17-6-8-19(24-2)9-7-17/h6-9,18,20-21H,3-5,10-16H2,1-2H3. The van der Waals surface area contributed by atoms with Crippen molar-refractivity contribution in [2.24, 2.45) is 0 Å². The molecule has 3 rings (SSSR count). The summed E-state index contributed by atoms with van der Waals surface area (Å²) in [6.45, 7) is 5.95. The lowest BCUT2D eigenvalue weighted by Gasteiger charge is -2.37. The second kappa shape index (κ2) is 8.84. The molecule has 0 bridgehead atoms. The van der Waals surface area contributed by atoms with Gasteiger partial charge in [0, 0.05) is 18.6 Å². The van der Waals surface area contributed by atoms with Gasteiger partial charge in [-0.05, 0) is 76.6 Å². The van der Waals surface area contributed by atoms with E-state index in [9.17, 15) is 0 Å². The zero-order valence-electron chi connectivity index (χ0n) is 15.3. The first kappa shape index (κ1) is 17.7. The maximum absolute atomic E-state index is 5.33. The fourth-order valence-electron chi connectivity index (χ4n) is 4.00. The van der Waals surface area contributed by atoms with Gasteiger partial charge in [0.25, 0.3) is 0 Å². The highest BCUT2D eigenvalue weighted by atomic mass is 16.5. The van der Waals surface area contributed by atoms with Gasteiger partial charge >= 0.3 is 0 Å². The molecule has 1 aromatic rings. The molecule has 0 amide bonds. The highest BCUT2D eigenvalue weighted by Crippen LogP contribution is 2.26. The molecule has 0 aliphatic carbocycles. The van der Waals surface area contributed by atoms with Gasteiger partial charge in [-0.15, -0.1) is 0 Å². The highest BCUT2D eigenvalue weighted by molar-refractivity contribution is 5.29. The van der Waals surface area contributed by atoms with Gasteiger partial charge < -0.3 is 15.0 Å². The summed E-state index contributed by atoms with van der Waals surface area (Å²) in [6, 6.07) is 9.84. The van der Waals surface area contributed by atoms with Crippen molar-refractivity contribution in [3.63, 3.8) is 0 Å². The van der Waals surface area contributed by atoms with Crippen LogP contribution in [0, 0.1) is 0 Å². The minimum Gasteiger partial charge on any atom is -0.497 e. The van der Waals surface area contributed by atoms with E-state index in [4.69, 9.17) is 4.74 Å². The average molecular weight is 332 g/mol. The molecule has 134 valence electrons. The van der Waals surface area contributed by atoms with Gasteiger partial charge in [-0.2, -0.15) is 0 Å². The van der Waals surface area contributed by atoms with Gasteiger partial charge in [0.2, 0.25) is 0 Å². The summed E-state index contributed by atoms with van der Waals surface area (Å²) in [7, 11) is 3.96. The van der Waals surface area contributed by atoms with Crippen LogP contribution >= 0.6 is 0 Å². The van der Waals surface area contributed by atoms with Crippen LogP contribution in [0.5, 0.6) is 5.75 Å². The molecule has 2 heterocycles. The van der Waals surface area contributed by atoms with E-state index in [0.717, 1.165) is 12.3 Å². The first-order valence-electron chi connectivity index (χ1n) is 9.56. The summed E-state index contributed by atoms with van der Waals surface area (Å²) >= 11 is 0. The Labute approximate surface area is 147 Å². The molecule has 1 N–H and O–H groups in total. The minimum atomic E-state index is 0.482. The van der Waals surface area contributed by atoms with Gasteiger partial charge in [-0.1, -0.05) is 18.6 Å². The van der Waals surface area contributed by atoms with Crippen molar-refractivity contribution in [3.8, 4) is 5.75 Å². The third-order valence-corrected chi connectivity index (χ3v) is 5.65. The van der Waals surface area contributed by atoms with Crippen LogP contribution in [0.25, 0.3) is 0 Å². The lowest BCUT2D eigenvalue weighted by atomic mass is 10.00. The number of methoxy groups -OCH3 is 1. The Morgan fingerprint density at radius 2 is 1.71 bits per heavy atom. The lowest BCUT2D eigenvalue weighted by Crippen LogP contribution is -2.45. The molecule has 2 aliphatic rings. The third-order valence-electron chi connectivity index (χ3n) is 5.65. The van der Waals surface area contributed by atoms with Crippen molar-refractivity contribution in [1.82, 2.24) is 15.1 Å². The minimum absolute atomic E-state index is 0.482. The van der Waals surface area contributed by atoms with Crippen LogP contribution in [0.4, 0.5) is 0 Å². The second-order valence-electron chi connectivity index (χ2n) is 7.37. The highest BCUT2D eigenvalue weighted by Gasteiger charge is 2.24. The van der Waals surface area contributed by atoms with Crippen molar-refractivity contribution < 1.29 is 4.74 Å². The number of rotatable bonds is 6. The lowest BCUT2D eigenvalue weighted by molar-refractivity contribution is 0.150. The van der Waals surface area contributed by atoms with Crippen LogP contribution in [0.1, 0.15) is 43.7 Å². The third kappa shape index (κ3) is 4.71. The number of nitrogens with one attached hydrogen (secondary N) is 1. The number of ether oxygens (including phenoxy) is 1. The van der Waals surface area contributed by atoms with Crippen LogP contribution in [0.3, 0.4) is 0 Å². The Morgan fingerprint density at radius 1 is 1.04 bits per heavy atom. The fourth-order valence-corrected chi connectivity index (χ4v) is 4.00. The van der Waals surface area contributed by atoms with Gasteiger partial charge in [0.1, 0.15) is 5.75 Å². The van der Waals surface area contributed by atoms with E-state index in [2.05, 4.69) is 46.4 Å². The molecule has 1 unspecified atom stereocenters. The van der Waals surface area contributed by atoms with Crippen molar-refractivity contribution >= 4 is 0 Å². The van der Waals surface area contributed by atoms with E-state index >= 15 is 0 Å². The second-order valence-corrected chi connectivity index (χ2v) is 7.37. The molecule has 1 aromatic carbocycles. The van der Waals surface area contributed by atoms with E-state index in [-0.39, 0.29) is 0 Å². The quantitative estimate of drug-likeness (QED) is 0.867. The van der Waals surface area contributed by atoms with E-state index in [1.165, 1.54) is 63.8 Å². The van der Waals surface area contributed by atoms with Crippen molar-refractivity contribution in [2.45, 2.75) is 44.2 Å². The van der Waals surface area contributed by atoms with Crippen molar-refractivity contribution in [2.75, 3.05) is 46.9 Å². The Bertz CT molecular complexity index is 476. The van der Waals surface area contributed by atoms with E-state index in [0.29, 0.717) is 12.1 Å². The molecule has 2 aliphatic heterocycles. The van der Waals surface area contributed by atoms with E-state index < -0.39 is 0 Å². The van der Waals surface area contributed by atoms with Crippen LogP contribution in [-0.4, -0.2) is 62.7 Å². The van der Waals surface area contributed by atoms with Crippen molar-refractivity contribution in [3.05, 3.63) is 29.8 Å². The first-order valence-corrected chi connectivity index (χ1v) is 9.56. The Balaban J connectivity index is 1.64. The molecule has 4 nitrogen and oxygen atoms in total. The molecular weight excluding hydrogens is 298 g/mol. The van der Waals surface area contributed by atoms with Gasteiger partial charge in [-0.3, -0.25) is 4.90 Å². The maximum atomic E-state index is 5.33. The first-order chi connectivity index (χ1) is 11.8. The molecular formula is C20H33N3O. The molecule has 2 saturated heterocycles. The van der Waals surface area contributed by atoms with Crippen LogP contribution in [0.2, 0.25) is 0 Å². The maximum Gasteiger partial charge on any atom is 0.118 e. The molecule has 0 saturated carbocycles. The molecule has 0 radical (unpaired) electrons.